The molecule has 1 aromatic heterocycles. The first-order valence-corrected chi connectivity index (χ1v) is 8.40. The van der Waals surface area contributed by atoms with E-state index in [9.17, 15) is 14.4 Å². The summed E-state index contributed by atoms with van der Waals surface area (Å²) >= 11 is 5.83. The molecule has 2 atom stereocenters. The fraction of sp³-hybridized carbons (Fsp3) is 0.562. The quantitative estimate of drug-likeness (QED) is 0.826. The van der Waals surface area contributed by atoms with Gasteiger partial charge in [0.2, 0.25) is 0 Å². The van der Waals surface area contributed by atoms with Gasteiger partial charge in [-0.25, -0.2) is 4.79 Å². The number of amides is 3. The summed E-state index contributed by atoms with van der Waals surface area (Å²) in [7, 11) is 3.47. The van der Waals surface area contributed by atoms with Gasteiger partial charge >= 0.3 is 6.03 Å². The van der Waals surface area contributed by atoms with E-state index in [1.54, 1.807) is 19.0 Å². The number of urea groups is 1. The van der Waals surface area contributed by atoms with E-state index in [1.807, 2.05) is 9.80 Å². The molecule has 0 saturated carbocycles. The highest BCUT2D eigenvalue weighted by Gasteiger charge is 2.39. The van der Waals surface area contributed by atoms with Crippen molar-refractivity contribution in [2.75, 3.05) is 33.7 Å². The van der Waals surface area contributed by atoms with E-state index in [0.717, 1.165) is 12.8 Å². The van der Waals surface area contributed by atoms with Crippen molar-refractivity contribution in [2.24, 2.45) is 5.92 Å². The highest BCUT2D eigenvalue weighted by atomic mass is 35.5. The molecule has 1 N–H and O–H groups in total. The largest absolute Gasteiger partial charge is 0.333 e. The van der Waals surface area contributed by atoms with E-state index >= 15 is 0 Å². The van der Waals surface area contributed by atoms with Crippen molar-refractivity contribution >= 4 is 23.5 Å². The van der Waals surface area contributed by atoms with Crippen LogP contribution in [0.2, 0.25) is 5.02 Å². The highest BCUT2D eigenvalue weighted by Crippen LogP contribution is 2.29. The lowest BCUT2D eigenvalue weighted by molar-refractivity contribution is 0.0585. The third-order valence-electron chi connectivity index (χ3n) is 4.73. The smallest absolute Gasteiger partial charge is 0.319 e. The molecule has 0 aliphatic carbocycles. The number of aromatic nitrogens is 1. The Bertz CT molecular complexity index is 718. The Kier molecular flexibility index (Phi) is 4.54. The Labute approximate surface area is 145 Å². The molecule has 0 unspecified atom stereocenters. The molecule has 3 aliphatic heterocycles. The van der Waals surface area contributed by atoms with Gasteiger partial charge in [-0.05, 0) is 24.8 Å². The first-order chi connectivity index (χ1) is 11.4. The molecule has 3 aliphatic rings. The number of hydrogen-bond acceptors (Lipinski definition) is 3. The van der Waals surface area contributed by atoms with Gasteiger partial charge < -0.3 is 19.7 Å². The molecule has 24 heavy (non-hydrogen) atoms. The second kappa shape index (κ2) is 6.47. The maximum absolute atomic E-state index is 12.8. The van der Waals surface area contributed by atoms with Crippen LogP contribution in [0.4, 0.5) is 4.79 Å². The topological polar surface area (TPSA) is 76.7 Å². The van der Waals surface area contributed by atoms with Crippen molar-refractivity contribution in [3.8, 4) is 0 Å². The zero-order valence-electron chi connectivity index (χ0n) is 13.8. The fourth-order valence-electron chi connectivity index (χ4n) is 3.51. The number of hydrogen-bond donors (Lipinski definition) is 1. The molecule has 1 aromatic rings. The van der Waals surface area contributed by atoms with Crippen molar-refractivity contribution in [2.45, 2.75) is 18.9 Å². The predicted octanol–water partition coefficient (Wildman–Crippen LogP) is 1.25. The molecule has 2 bridgehead atoms. The van der Waals surface area contributed by atoms with Crippen LogP contribution in [-0.2, 0) is 0 Å². The number of piperidine rings is 1. The number of nitrogens with zero attached hydrogens (tertiary/aromatic N) is 3. The average molecular weight is 353 g/mol. The van der Waals surface area contributed by atoms with Crippen LogP contribution < -0.4 is 5.56 Å². The van der Waals surface area contributed by atoms with E-state index < -0.39 is 5.56 Å². The van der Waals surface area contributed by atoms with Crippen LogP contribution in [0.25, 0.3) is 0 Å². The van der Waals surface area contributed by atoms with Gasteiger partial charge in [-0.2, -0.15) is 0 Å². The van der Waals surface area contributed by atoms with Crippen LogP contribution in [-0.4, -0.2) is 71.4 Å². The van der Waals surface area contributed by atoms with Crippen LogP contribution in [0.3, 0.4) is 0 Å². The van der Waals surface area contributed by atoms with Crippen molar-refractivity contribution in [1.29, 1.82) is 0 Å². The van der Waals surface area contributed by atoms with Gasteiger partial charge in [0.25, 0.3) is 11.5 Å². The number of pyridine rings is 1. The minimum Gasteiger partial charge on any atom is -0.333 e. The normalized spacial score (nSPS) is 23.1. The maximum atomic E-state index is 12.8. The molecule has 0 aromatic carbocycles. The summed E-state index contributed by atoms with van der Waals surface area (Å²) in [6.45, 7) is 1.83. The molecular formula is C16H21ClN4O3. The molecule has 3 fully saturated rings. The molecule has 4 heterocycles. The van der Waals surface area contributed by atoms with Crippen LogP contribution in [0.5, 0.6) is 0 Å². The number of fused-ring (bicyclic) bond motifs is 4. The summed E-state index contributed by atoms with van der Waals surface area (Å²) in [6.07, 6.45) is 3.29. The van der Waals surface area contributed by atoms with Crippen LogP contribution in [0.1, 0.15) is 23.2 Å². The Morgan fingerprint density at radius 1 is 1.25 bits per heavy atom. The summed E-state index contributed by atoms with van der Waals surface area (Å²) in [5, 5.41) is 0.00486. The zero-order chi connectivity index (χ0) is 17.4. The predicted molar refractivity (Wildman–Crippen MR) is 90.3 cm³/mol. The van der Waals surface area contributed by atoms with Gasteiger partial charge in [0.05, 0.1) is 5.56 Å². The lowest BCUT2D eigenvalue weighted by atomic mass is 9.94. The molecule has 0 radical (unpaired) electrons. The minimum absolute atomic E-state index is 0.00486. The number of aromatic amines is 1. The number of rotatable bonds is 1. The monoisotopic (exact) mass is 352 g/mol. The second-order valence-corrected chi connectivity index (χ2v) is 7.11. The third-order valence-corrected chi connectivity index (χ3v) is 5.01. The van der Waals surface area contributed by atoms with Gasteiger partial charge in [-0.3, -0.25) is 9.59 Å². The number of halogens is 1. The summed E-state index contributed by atoms with van der Waals surface area (Å²) in [5.41, 5.74) is -0.0361. The fourth-order valence-corrected chi connectivity index (χ4v) is 3.69. The van der Waals surface area contributed by atoms with Crippen molar-refractivity contribution < 1.29 is 9.59 Å². The van der Waals surface area contributed by atoms with Gasteiger partial charge in [-0.15, -0.1) is 0 Å². The molecule has 130 valence electrons. The van der Waals surface area contributed by atoms with Gasteiger partial charge in [-0.1, -0.05) is 11.6 Å². The second-order valence-electron chi connectivity index (χ2n) is 6.70. The molecule has 0 spiro atoms. The van der Waals surface area contributed by atoms with E-state index in [1.165, 1.54) is 12.3 Å². The summed E-state index contributed by atoms with van der Waals surface area (Å²) in [5.74, 6) is 0.122. The molecule has 3 amide bonds. The molecular weight excluding hydrogens is 332 g/mol. The first-order valence-electron chi connectivity index (χ1n) is 8.02. The third kappa shape index (κ3) is 3.13. The van der Waals surface area contributed by atoms with E-state index in [4.69, 9.17) is 11.6 Å². The number of carbonyl (C=O) groups is 2. The summed E-state index contributed by atoms with van der Waals surface area (Å²) in [4.78, 5) is 44.2. The highest BCUT2D eigenvalue weighted by molar-refractivity contribution is 6.30. The van der Waals surface area contributed by atoms with Gasteiger partial charge in [0, 0.05) is 46.0 Å². The number of H-pyrrole nitrogens is 1. The Balaban J connectivity index is 1.82. The Morgan fingerprint density at radius 2 is 2.00 bits per heavy atom. The minimum atomic E-state index is -0.409. The molecule has 8 heteroatoms. The average Bonchev–Trinajstić information content (AvgIpc) is 2.87. The number of carbonyl (C=O) groups excluding carboxylic acids is 2. The summed E-state index contributed by atoms with van der Waals surface area (Å²) in [6, 6.07) is 1.38. The number of nitrogens with one attached hydrogen (secondary N) is 1. The van der Waals surface area contributed by atoms with Crippen LogP contribution in [0, 0.1) is 5.92 Å². The van der Waals surface area contributed by atoms with Gasteiger partial charge in [0.1, 0.15) is 5.02 Å². The van der Waals surface area contributed by atoms with E-state index in [0.29, 0.717) is 25.2 Å². The van der Waals surface area contributed by atoms with E-state index in [2.05, 4.69) is 4.98 Å². The van der Waals surface area contributed by atoms with Crippen molar-refractivity contribution in [3.05, 3.63) is 33.2 Å². The van der Waals surface area contributed by atoms with Gasteiger partial charge in [0.15, 0.2) is 0 Å². The van der Waals surface area contributed by atoms with Crippen LogP contribution >= 0.6 is 11.6 Å². The zero-order valence-corrected chi connectivity index (χ0v) is 14.5. The summed E-state index contributed by atoms with van der Waals surface area (Å²) < 4.78 is 0. The standard InChI is InChI=1S/C16H21ClN4O3/c1-19(2)16(24)20-7-10-3-4-12(9-20)21(8-10)15(23)11-5-13(17)14(22)18-6-11/h5-6,10,12H,3-4,7-9H2,1-2H3,(H,18,22)/t10-,12+/m0/s1. The van der Waals surface area contributed by atoms with Crippen molar-refractivity contribution in [3.63, 3.8) is 0 Å². The molecule has 4 rings (SSSR count). The Morgan fingerprint density at radius 3 is 2.67 bits per heavy atom. The van der Waals surface area contributed by atoms with E-state index in [-0.39, 0.29) is 28.9 Å². The molecule has 3 saturated heterocycles. The lowest BCUT2D eigenvalue weighted by Gasteiger charge is -2.36. The molecule has 7 nitrogen and oxygen atoms in total. The maximum Gasteiger partial charge on any atom is 0.319 e. The lowest BCUT2D eigenvalue weighted by Crippen LogP contribution is -2.48. The van der Waals surface area contributed by atoms with Crippen LogP contribution in [0.15, 0.2) is 17.1 Å². The SMILES string of the molecule is CN(C)C(=O)N1C[C@@H]2CC[C@H](C1)N(C(=O)c1c[nH]c(=O)c(Cl)c1)C2. The Hall–Kier alpha value is -2.02. The van der Waals surface area contributed by atoms with Crippen molar-refractivity contribution in [1.82, 2.24) is 19.7 Å². The first kappa shape index (κ1) is 16.8.